The maximum atomic E-state index is 10.8. The van der Waals surface area contributed by atoms with E-state index < -0.39 is 0 Å². The Bertz CT molecular complexity index is 344. The molecule has 0 unspecified atom stereocenters. The lowest BCUT2D eigenvalue weighted by Gasteiger charge is -1.96. The number of hydrogen-bond acceptors (Lipinski definition) is 3. The maximum Gasteiger partial charge on any atom is 0.251 e. The van der Waals surface area contributed by atoms with E-state index in [-0.39, 0.29) is 10.5 Å². The van der Waals surface area contributed by atoms with E-state index in [1.165, 1.54) is 6.07 Å². The summed E-state index contributed by atoms with van der Waals surface area (Å²) >= 11 is 4.64. The van der Waals surface area contributed by atoms with E-state index in [9.17, 15) is 4.79 Å². The fourth-order valence-corrected chi connectivity index (χ4v) is 0.810. The summed E-state index contributed by atoms with van der Waals surface area (Å²) < 4.78 is 0. The Hall–Kier alpha value is -1.23. The molecule has 5 heteroatoms. The molecule has 0 aliphatic carbocycles. The molecule has 0 saturated carbocycles. The number of nitrogens with zero attached hydrogens (tertiary/aromatic N) is 1. The first kappa shape index (κ1) is 7.87. The van der Waals surface area contributed by atoms with Crippen molar-refractivity contribution >= 4 is 17.2 Å². The number of nitrogens with one attached hydrogen (secondary N) is 1. The standard InChI is InChI=1S/C6H7N3OS/c1-3-8-4(6(7)11)2-5(10)9-3/h2H,1H3,(H2,7,11)(H,8,9,10). The zero-order chi connectivity index (χ0) is 8.43. The van der Waals surface area contributed by atoms with Gasteiger partial charge in [0, 0.05) is 6.07 Å². The van der Waals surface area contributed by atoms with Crippen LogP contribution in [0, 0.1) is 6.92 Å². The molecule has 0 bridgehead atoms. The van der Waals surface area contributed by atoms with Crippen molar-refractivity contribution in [1.29, 1.82) is 0 Å². The molecule has 4 nitrogen and oxygen atoms in total. The first-order valence-corrected chi connectivity index (χ1v) is 3.38. The fourth-order valence-electron chi connectivity index (χ4n) is 0.706. The summed E-state index contributed by atoms with van der Waals surface area (Å²) in [6.07, 6.45) is 0. The van der Waals surface area contributed by atoms with Crippen molar-refractivity contribution in [2.24, 2.45) is 5.73 Å². The molecule has 3 N–H and O–H groups in total. The van der Waals surface area contributed by atoms with Crippen LogP contribution in [0.4, 0.5) is 0 Å². The molecule has 0 aromatic carbocycles. The molecule has 1 rings (SSSR count). The highest BCUT2D eigenvalue weighted by Gasteiger charge is 1.98. The molecule has 0 saturated heterocycles. The van der Waals surface area contributed by atoms with Gasteiger partial charge in [0.25, 0.3) is 5.56 Å². The molecule has 0 spiro atoms. The Morgan fingerprint density at radius 1 is 1.82 bits per heavy atom. The lowest BCUT2D eigenvalue weighted by atomic mass is 10.4. The van der Waals surface area contributed by atoms with Crippen LogP contribution in [-0.4, -0.2) is 15.0 Å². The summed E-state index contributed by atoms with van der Waals surface area (Å²) in [4.78, 5) is 17.3. The van der Waals surface area contributed by atoms with E-state index in [1.54, 1.807) is 6.92 Å². The predicted octanol–water partition coefficient (Wildman–Crippen LogP) is -0.287. The minimum atomic E-state index is -0.236. The molecular formula is C6H7N3OS. The molecule has 0 aliphatic rings. The lowest BCUT2D eigenvalue weighted by molar-refractivity contribution is 1.01. The minimum absolute atomic E-state index is 0.138. The summed E-state index contributed by atoms with van der Waals surface area (Å²) in [7, 11) is 0. The van der Waals surface area contributed by atoms with Crippen molar-refractivity contribution in [2.45, 2.75) is 6.92 Å². The Morgan fingerprint density at radius 2 is 2.45 bits per heavy atom. The number of aromatic nitrogens is 2. The van der Waals surface area contributed by atoms with Crippen molar-refractivity contribution in [3.8, 4) is 0 Å². The predicted molar refractivity (Wildman–Crippen MR) is 45.5 cm³/mol. The van der Waals surface area contributed by atoms with Crippen LogP contribution in [0.3, 0.4) is 0 Å². The van der Waals surface area contributed by atoms with Gasteiger partial charge in [-0.05, 0) is 6.92 Å². The number of H-pyrrole nitrogens is 1. The van der Waals surface area contributed by atoms with Gasteiger partial charge in [-0.15, -0.1) is 0 Å². The van der Waals surface area contributed by atoms with Crippen LogP contribution in [0.2, 0.25) is 0 Å². The number of hydrogen-bond donors (Lipinski definition) is 2. The van der Waals surface area contributed by atoms with Crippen LogP contribution >= 0.6 is 12.2 Å². The topological polar surface area (TPSA) is 71.8 Å². The van der Waals surface area contributed by atoms with Gasteiger partial charge >= 0.3 is 0 Å². The number of aryl methyl sites for hydroxylation is 1. The highest BCUT2D eigenvalue weighted by Crippen LogP contribution is 1.89. The highest BCUT2D eigenvalue weighted by atomic mass is 32.1. The first-order chi connectivity index (χ1) is 5.09. The van der Waals surface area contributed by atoms with Crippen LogP contribution < -0.4 is 11.3 Å². The van der Waals surface area contributed by atoms with Crippen molar-refractivity contribution < 1.29 is 0 Å². The molecule has 58 valence electrons. The molecule has 11 heavy (non-hydrogen) atoms. The summed E-state index contributed by atoms with van der Waals surface area (Å²) in [5.74, 6) is 0.514. The van der Waals surface area contributed by atoms with Gasteiger partial charge in [0.2, 0.25) is 0 Å². The minimum Gasteiger partial charge on any atom is -0.388 e. The lowest BCUT2D eigenvalue weighted by Crippen LogP contribution is -2.18. The Morgan fingerprint density at radius 3 is 2.91 bits per heavy atom. The summed E-state index contributed by atoms with van der Waals surface area (Å²) in [5, 5.41) is 0. The number of thiocarbonyl (C=S) groups is 1. The molecule has 0 aliphatic heterocycles. The van der Waals surface area contributed by atoms with E-state index in [0.29, 0.717) is 11.5 Å². The van der Waals surface area contributed by atoms with E-state index in [1.807, 2.05) is 0 Å². The van der Waals surface area contributed by atoms with Crippen LogP contribution in [0.1, 0.15) is 11.5 Å². The molecule has 1 heterocycles. The zero-order valence-corrected chi connectivity index (χ0v) is 6.73. The van der Waals surface area contributed by atoms with Crippen LogP contribution in [0.5, 0.6) is 0 Å². The van der Waals surface area contributed by atoms with Crippen molar-refractivity contribution in [3.05, 3.63) is 27.9 Å². The quantitative estimate of drug-likeness (QED) is 0.567. The van der Waals surface area contributed by atoms with E-state index in [4.69, 9.17) is 5.73 Å². The van der Waals surface area contributed by atoms with Gasteiger partial charge < -0.3 is 10.7 Å². The number of aromatic amines is 1. The summed E-state index contributed by atoms with van der Waals surface area (Å²) in [6.45, 7) is 1.67. The van der Waals surface area contributed by atoms with Gasteiger partial charge in [-0.2, -0.15) is 0 Å². The molecule has 1 aromatic rings. The average molecular weight is 169 g/mol. The van der Waals surface area contributed by atoms with E-state index in [2.05, 4.69) is 22.2 Å². The van der Waals surface area contributed by atoms with Crippen molar-refractivity contribution in [1.82, 2.24) is 9.97 Å². The van der Waals surface area contributed by atoms with Gasteiger partial charge in [0.15, 0.2) is 0 Å². The summed E-state index contributed by atoms with van der Waals surface area (Å²) in [5.41, 5.74) is 5.39. The second kappa shape index (κ2) is 2.79. The van der Waals surface area contributed by atoms with Crippen LogP contribution in [-0.2, 0) is 0 Å². The Kier molecular flexibility index (Phi) is 2.00. The highest BCUT2D eigenvalue weighted by molar-refractivity contribution is 7.80. The van der Waals surface area contributed by atoms with E-state index >= 15 is 0 Å². The first-order valence-electron chi connectivity index (χ1n) is 2.97. The smallest absolute Gasteiger partial charge is 0.251 e. The molecule has 0 radical (unpaired) electrons. The average Bonchev–Trinajstić information content (AvgIpc) is 1.85. The molecule has 0 fully saturated rings. The van der Waals surface area contributed by atoms with E-state index in [0.717, 1.165) is 0 Å². The molecular weight excluding hydrogens is 162 g/mol. The monoisotopic (exact) mass is 169 g/mol. The normalized spacial score (nSPS) is 9.55. The third-order valence-electron chi connectivity index (χ3n) is 1.11. The fraction of sp³-hybridized carbons (Fsp3) is 0.167. The summed E-state index contributed by atoms with van der Waals surface area (Å²) in [6, 6.07) is 1.27. The third-order valence-corrected chi connectivity index (χ3v) is 1.32. The Balaban J connectivity index is 3.30. The number of nitrogens with two attached hydrogens (primary N) is 1. The molecule has 0 amide bonds. The van der Waals surface area contributed by atoms with Gasteiger partial charge in [-0.3, -0.25) is 4.79 Å². The molecule has 1 aromatic heterocycles. The SMILES string of the molecule is Cc1nc(C(N)=S)cc(=O)[nH]1. The third kappa shape index (κ3) is 1.84. The van der Waals surface area contributed by atoms with Crippen LogP contribution in [0.25, 0.3) is 0 Å². The van der Waals surface area contributed by atoms with Crippen LogP contribution in [0.15, 0.2) is 10.9 Å². The van der Waals surface area contributed by atoms with Crippen molar-refractivity contribution in [2.75, 3.05) is 0 Å². The second-order valence-electron chi connectivity index (χ2n) is 2.08. The zero-order valence-electron chi connectivity index (χ0n) is 5.92. The molecule has 0 atom stereocenters. The maximum absolute atomic E-state index is 10.8. The van der Waals surface area contributed by atoms with Gasteiger partial charge in [-0.1, -0.05) is 12.2 Å². The Labute approximate surface area is 68.5 Å². The van der Waals surface area contributed by atoms with Gasteiger partial charge in [0.05, 0.1) is 0 Å². The number of rotatable bonds is 1. The second-order valence-corrected chi connectivity index (χ2v) is 2.52. The largest absolute Gasteiger partial charge is 0.388 e. The van der Waals surface area contributed by atoms with Gasteiger partial charge in [-0.25, -0.2) is 4.98 Å². The van der Waals surface area contributed by atoms with Gasteiger partial charge in [0.1, 0.15) is 16.5 Å². The van der Waals surface area contributed by atoms with Crippen molar-refractivity contribution in [3.63, 3.8) is 0 Å².